The fraction of sp³-hybridized carbons (Fsp3) is 0.240. The van der Waals surface area contributed by atoms with Gasteiger partial charge in [0.05, 0.1) is 22.1 Å². The standard InChI is InChI=1S/C25H25ClFN5O3/c1-3-21(33)31-18-7-5-4-6-17(18)30-20-14-16(11-13-28-20)35-25(2)12-10-19(22(26)23(25)27)32-24(34)29-15-8-9-15/h3-7,10-15,23H,1,8-9H2,2H3,(H,28,30)(H,31,33)(H2,29,32,34). The number of nitrogens with zero attached hydrogens (tertiary/aromatic N) is 1. The summed E-state index contributed by atoms with van der Waals surface area (Å²) in [7, 11) is 0. The highest BCUT2D eigenvalue weighted by molar-refractivity contribution is 6.31. The van der Waals surface area contributed by atoms with Gasteiger partial charge in [-0.2, -0.15) is 0 Å². The number of para-hydroxylation sites is 2. The average Bonchev–Trinajstić information content (AvgIpc) is 3.65. The summed E-state index contributed by atoms with van der Waals surface area (Å²) < 4.78 is 21.3. The molecule has 1 saturated carbocycles. The predicted octanol–water partition coefficient (Wildman–Crippen LogP) is 4.91. The second-order valence-corrected chi connectivity index (χ2v) is 8.76. The van der Waals surface area contributed by atoms with Crippen molar-refractivity contribution in [3.8, 4) is 5.75 Å². The average molecular weight is 498 g/mol. The van der Waals surface area contributed by atoms with Crippen LogP contribution in [0.25, 0.3) is 0 Å². The van der Waals surface area contributed by atoms with Crippen LogP contribution in [0.5, 0.6) is 5.75 Å². The zero-order valence-corrected chi connectivity index (χ0v) is 19.7. The van der Waals surface area contributed by atoms with E-state index in [2.05, 4.69) is 32.8 Å². The monoisotopic (exact) mass is 497 g/mol. The molecule has 182 valence electrons. The van der Waals surface area contributed by atoms with Crippen LogP contribution < -0.4 is 26.0 Å². The van der Waals surface area contributed by atoms with Crippen LogP contribution in [0.3, 0.4) is 0 Å². The van der Waals surface area contributed by atoms with E-state index in [1.165, 1.54) is 24.4 Å². The second-order valence-electron chi connectivity index (χ2n) is 8.36. The van der Waals surface area contributed by atoms with E-state index in [-0.39, 0.29) is 22.7 Å². The number of urea groups is 1. The maximum Gasteiger partial charge on any atom is 0.319 e. The van der Waals surface area contributed by atoms with Crippen LogP contribution in [0.15, 0.2) is 78.1 Å². The van der Waals surface area contributed by atoms with Crippen molar-refractivity contribution >= 4 is 40.7 Å². The van der Waals surface area contributed by atoms with Gasteiger partial charge in [-0.05, 0) is 56.2 Å². The lowest BCUT2D eigenvalue weighted by atomic mass is 9.93. The van der Waals surface area contributed by atoms with Gasteiger partial charge in [0.15, 0.2) is 11.8 Å². The molecular formula is C25H25ClFN5O3. The molecule has 10 heteroatoms. The maximum atomic E-state index is 15.3. The number of hydrogen-bond donors (Lipinski definition) is 4. The first kappa shape index (κ1) is 24.3. The lowest BCUT2D eigenvalue weighted by molar-refractivity contribution is -0.111. The summed E-state index contributed by atoms with van der Waals surface area (Å²) in [4.78, 5) is 28.0. The van der Waals surface area contributed by atoms with Crippen molar-refractivity contribution in [3.63, 3.8) is 0 Å². The summed E-state index contributed by atoms with van der Waals surface area (Å²) in [5.74, 6) is 0.415. The van der Waals surface area contributed by atoms with Gasteiger partial charge in [-0.1, -0.05) is 30.3 Å². The van der Waals surface area contributed by atoms with E-state index < -0.39 is 17.8 Å². The molecular weight excluding hydrogens is 473 g/mol. The Bertz CT molecular complexity index is 1210. The Hall–Kier alpha value is -3.85. The minimum atomic E-state index is -1.72. The molecule has 1 fully saturated rings. The Balaban J connectivity index is 1.46. The number of halogens is 2. The molecule has 3 amide bonds. The third kappa shape index (κ3) is 5.99. The number of alkyl halides is 1. The number of rotatable bonds is 8. The Morgan fingerprint density at radius 3 is 2.69 bits per heavy atom. The number of hydrogen-bond acceptors (Lipinski definition) is 5. The van der Waals surface area contributed by atoms with Crippen LogP contribution in [0.2, 0.25) is 0 Å². The normalized spacial score (nSPS) is 21.2. The zero-order chi connectivity index (χ0) is 25.0. The van der Waals surface area contributed by atoms with E-state index in [1.807, 2.05) is 0 Å². The van der Waals surface area contributed by atoms with Crippen molar-refractivity contribution < 1.29 is 18.7 Å². The number of carbonyl (C=O) groups excluding carboxylic acids is 2. The van der Waals surface area contributed by atoms with Crippen LogP contribution >= 0.6 is 11.6 Å². The van der Waals surface area contributed by atoms with Crippen molar-refractivity contribution in [2.24, 2.45) is 0 Å². The number of nitrogens with one attached hydrogen (secondary N) is 4. The highest BCUT2D eigenvalue weighted by Crippen LogP contribution is 2.36. The molecule has 1 heterocycles. The number of pyridine rings is 1. The molecule has 2 atom stereocenters. The second kappa shape index (κ2) is 10.2. The molecule has 1 aromatic heterocycles. The molecule has 35 heavy (non-hydrogen) atoms. The SMILES string of the molecule is C=CC(=O)Nc1ccccc1Nc1cc(OC2(C)C=CC(NC(=O)NC3CC3)=C(Cl)C2F)ccn1. The van der Waals surface area contributed by atoms with E-state index >= 15 is 4.39 Å². The summed E-state index contributed by atoms with van der Waals surface area (Å²) in [5, 5.41) is 11.0. The van der Waals surface area contributed by atoms with Crippen molar-refractivity contribution in [1.82, 2.24) is 15.6 Å². The van der Waals surface area contributed by atoms with Gasteiger partial charge < -0.3 is 26.0 Å². The van der Waals surface area contributed by atoms with Crippen molar-refractivity contribution in [2.75, 3.05) is 10.6 Å². The Morgan fingerprint density at radius 1 is 1.23 bits per heavy atom. The number of ether oxygens (including phenoxy) is 1. The summed E-state index contributed by atoms with van der Waals surface area (Å²) in [6.07, 6.45) is 5.89. The summed E-state index contributed by atoms with van der Waals surface area (Å²) >= 11 is 6.25. The molecule has 2 unspecified atom stereocenters. The van der Waals surface area contributed by atoms with E-state index in [9.17, 15) is 9.59 Å². The number of amides is 3. The van der Waals surface area contributed by atoms with Crippen LogP contribution in [-0.2, 0) is 4.79 Å². The topological polar surface area (TPSA) is 104 Å². The molecule has 4 rings (SSSR count). The van der Waals surface area contributed by atoms with Gasteiger partial charge in [0, 0.05) is 18.3 Å². The summed E-state index contributed by atoms with van der Waals surface area (Å²) in [5.41, 5.74) is -0.0810. The fourth-order valence-corrected chi connectivity index (χ4v) is 3.71. The molecule has 8 nitrogen and oxygen atoms in total. The first-order valence-corrected chi connectivity index (χ1v) is 11.4. The van der Waals surface area contributed by atoms with Gasteiger partial charge in [0.1, 0.15) is 11.6 Å². The van der Waals surface area contributed by atoms with E-state index in [0.29, 0.717) is 22.9 Å². The molecule has 0 bridgehead atoms. The van der Waals surface area contributed by atoms with Crippen LogP contribution in [0, 0.1) is 0 Å². The molecule has 2 aliphatic carbocycles. The first-order valence-electron chi connectivity index (χ1n) is 11.0. The summed E-state index contributed by atoms with van der Waals surface area (Å²) in [6.45, 7) is 5.01. The number of aromatic nitrogens is 1. The molecule has 0 saturated heterocycles. The maximum absolute atomic E-state index is 15.3. The number of benzene rings is 1. The molecule has 2 aromatic rings. The highest BCUT2D eigenvalue weighted by atomic mass is 35.5. The zero-order valence-electron chi connectivity index (χ0n) is 19.0. The Labute approximate surface area is 207 Å². The van der Waals surface area contributed by atoms with Crippen molar-refractivity contribution in [3.05, 3.63) is 78.1 Å². The van der Waals surface area contributed by atoms with Gasteiger partial charge >= 0.3 is 6.03 Å². The number of carbonyl (C=O) groups is 2. The predicted molar refractivity (Wildman–Crippen MR) is 133 cm³/mol. The Kier molecular flexibility index (Phi) is 7.07. The quantitative estimate of drug-likeness (QED) is 0.388. The smallest absolute Gasteiger partial charge is 0.319 e. The Morgan fingerprint density at radius 2 is 1.97 bits per heavy atom. The first-order chi connectivity index (χ1) is 16.8. The fourth-order valence-electron chi connectivity index (χ4n) is 3.38. The van der Waals surface area contributed by atoms with Crippen LogP contribution in [-0.4, -0.2) is 34.7 Å². The molecule has 2 aliphatic rings. The molecule has 0 radical (unpaired) electrons. The summed E-state index contributed by atoms with van der Waals surface area (Å²) in [6, 6.07) is 10.0. The van der Waals surface area contributed by atoms with Gasteiger partial charge in [-0.25, -0.2) is 14.2 Å². The third-order valence-corrected chi connectivity index (χ3v) is 5.82. The van der Waals surface area contributed by atoms with Crippen LogP contribution in [0.1, 0.15) is 19.8 Å². The minimum Gasteiger partial charge on any atom is -0.480 e. The van der Waals surface area contributed by atoms with Gasteiger partial charge in [0.25, 0.3) is 0 Å². The number of anilines is 3. The lowest BCUT2D eigenvalue weighted by Gasteiger charge is -2.34. The largest absolute Gasteiger partial charge is 0.480 e. The van der Waals surface area contributed by atoms with E-state index in [4.69, 9.17) is 16.3 Å². The van der Waals surface area contributed by atoms with E-state index in [1.54, 1.807) is 43.3 Å². The van der Waals surface area contributed by atoms with E-state index in [0.717, 1.165) is 12.8 Å². The molecule has 1 aromatic carbocycles. The highest BCUT2D eigenvalue weighted by Gasteiger charge is 2.41. The van der Waals surface area contributed by atoms with Crippen molar-refractivity contribution in [1.29, 1.82) is 0 Å². The van der Waals surface area contributed by atoms with Gasteiger partial charge in [-0.15, -0.1) is 0 Å². The molecule has 0 spiro atoms. The lowest BCUT2D eigenvalue weighted by Crippen LogP contribution is -2.45. The molecule has 0 aliphatic heterocycles. The van der Waals surface area contributed by atoms with Crippen LogP contribution in [0.4, 0.5) is 26.4 Å². The van der Waals surface area contributed by atoms with Gasteiger partial charge in [0.2, 0.25) is 5.91 Å². The number of allylic oxidation sites excluding steroid dienone is 1. The van der Waals surface area contributed by atoms with Gasteiger partial charge in [-0.3, -0.25) is 4.79 Å². The molecule has 4 N–H and O–H groups in total. The van der Waals surface area contributed by atoms with Crippen molar-refractivity contribution in [2.45, 2.75) is 37.6 Å². The minimum absolute atomic E-state index is 0.153. The third-order valence-electron chi connectivity index (χ3n) is 5.43.